The number of fused-ring (bicyclic) bond motifs is 1. The van der Waals surface area contributed by atoms with Crippen LogP contribution in [0.2, 0.25) is 0 Å². The van der Waals surface area contributed by atoms with Crippen LogP contribution in [0.3, 0.4) is 0 Å². The van der Waals surface area contributed by atoms with E-state index >= 15 is 0 Å². The minimum absolute atomic E-state index is 0.0479. The number of pyridine rings is 1. The SMILES string of the molecule is O=C(NCc1ncccc1F)c1cnc(CCNCCc2nc3c([nH]2)CCC=C3)s1. The number of aromatic nitrogens is 4. The molecule has 30 heavy (non-hydrogen) atoms. The van der Waals surface area contributed by atoms with E-state index in [0.717, 1.165) is 55.3 Å². The molecule has 3 heterocycles. The minimum atomic E-state index is -0.431. The van der Waals surface area contributed by atoms with E-state index in [1.807, 2.05) is 0 Å². The molecule has 4 rings (SSSR count). The van der Waals surface area contributed by atoms with Crippen LogP contribution in [-0.2, 0) is 25.8 Å². The topological polar surface area (TPSA) is 95.6 Å². The summed E-state index contributed by atoms with van der Waals surface area (Å²) in [5, 5.41) is 6.96. The lowest BCUT2D eigenvalue weighted by Crippen LogP contribution is -2.23. The Morgan fingerprint density at radius 3 is 3.03 bits per heavy atom. The largest absolute Gasteiger partial charge is 0.346 e. The summed E-state index contributed by atoms with van der Waals surface area (Å²) in [6.07, 6.45) is 11.0. The molecule has 0 aliphatic heterocycles. The second-order valence-electron chi connectivity index (χ2n) is 6.97. The second-order valence-corrected chi connectivity index (χ2v) is 8.09. The third kappa shape index (κ3) is 5.17. The Labute approximate surface area is 177 Å². The molecule has 0 bridgehead atoms. The summed E-state index contributed by atoms with van der Waals surface area (Å²) in [7, 11) is 0. The Morgan fingerprint density at radius 2 is 2.17 bits per heavy atom. The van der Waals surface area contributed by atoms with Crippen LogP contribution in [-0.4, -0.2) is 38.9 Å². The van der Waals surface area contributed by atoms with E-state index in [2.05, 4.69) is 42.7 Å². The van der Waals surface area contributed by atoms with Gasteiger partial charge in [-0.15, -0.1) is 11.3 Å². The molecule has 0 saturated carbocycles. The number of aromatic amines is 1. The van der Waals surface area contributed by atoms with E-state index in [1.54, 1.807) is 6.20 Å². The Balaban J connectivity index is 1.17. The number of H-pyrrole nitrogens is 1. The summed E-state index contributed by atoms with van der Waals surface area (Å²) in [5.74, 6) is 0.309. The fourth-order valence-electron chi connectivity index (χ4n) is 3.21. The van der Waals surface area contributed by atoms with Crippen molar-refractivity contribution in [1.82, 2.24) is 30.6 Å². The van der Waals surface area contributed by atoms with Crippen molar-refractivity contribution in [2.24, 2.45) is 0 Å². The fourth-order valence-corrected chi connectivity index (χ4v) is 4.04. The van der Waals surface area contributed by atoms with E-state index in [4.69, 9.17) is 0 Å². The first kappa shape index (κ1) is 20.4. The Morgan fingerprint density at radius 1 is 1.27 bits per heavy atom. The number of carbonyl (C=O) groups excluding carboxylic acids is 1. The highest BCUT2D eigenvalue weighted by Crippen LogP contribution is 2.16. The Kier molecular flexibility index (Phi) is 6.60. The Hall–Kier alpha value is -2.91. The minimum Gasteiger partial charge on any atom is -0.346 e. The van der Waals surface area contributed by atoms with Crippen LogP contribution in [0.5, 0.6) is 0 Å². The smallest absolute Gasteiger partial charge is 0.263 e. The number of imidazole rings is 1. The summed E-state index contributed by atoms with van der Waals surface area (Å²) in [4.78, 5) is 29.0. The number of nitrogens with one attached hydrogen (secondary N) is 3. The molecule has 0 aromatic carbocycles. The van der Waals surface area contributed by atoms with Crippen molar-refractivity contribution >= 4 is 23.3 Å². The molecule has 0 spiro atoms. The van der Waals surface area contributed by atoms with Crippen molar-refractivity contribution in [3.63, 3.8) is 0 Å². The number of halogens is 1. The average Bonchev–Trinajstić information content (AvgIpc) is 3.39. The number of allylic oxidation sites excluding steroid dienone is 1. The summed E-state index contributed by atoms with van der Waals surface area (Å²) in [5.41, 5.74) is 2.51. The normalized spacial score (nSPS) is 12.7. The van der Waals surface area contributed by atoms with Gasteiger partial charge in [-0.25, -0.2) is 14.4 Å². The van der Waals surface area contributed by atoms with Crippen molar-refractivity contribution in [3.05, 3.63) is 69.2 Å². The van der Waals surface area contributed by atoms with Crippen molar-refractivity contribution in [2.75, 3.05) is 13.1 Å². The van der Waals surface area contributed by atoms with Gasteiger partial charge in [-0.3, -0.25) is 9.78 Å². The molecule has 3 aromatic rings. The number of hydrogen-bond donors (Lipinski definition) is 3. The van der Waals surface area contributed by atoms with Gasteiger partial charge in [0.25, 0.3) is 5.91 Å². The quantitative estimate of drug-likeness (QED) is 0.457. The fraction of sp³-hybridized carbons (Fsp3) is 0.333. The van der Waals surface area contributed by atoms with Crippen molar-refractivity contribution in [1.29, 1.82) is 0 Å². The number of amides is 1. The molecule has 7 nitrogen and oxygen atoms in total. The monoisotopic (exact) mass is 426 g/mol. The maximum Gasteiger partial charge on any atom is 0.263 e. The van der Waals surface area contributed by atoms with E-state index in [1.165, 1.54) is 35.4 Å². The maximum absolute atomic E-state index is 13.6. The van der Waals surface area contributed by atoms with Crippen molar-refractivity contribution < 1.29 is 9.18 Å². The summed E-state index contributed by atoms with van der Waals surface area (Å²) >= 11 is 1.35. The molecule has 9 heteroatoms. The number of nitrogens with zero attached hydrogens (tertiary/aromatic N) is 3. The van der Waals surface area contributed by atoms with E-state index in [9.17, 15) is 9.18 Å². The van der Waals surface area contributed by atoms with Crippen LogP contribution in [0.15, 0.2) is 30.6 Å². The zero-order valence-corrected chi connectivity index (χ0v) is 17.3. The third-order valence-corrected chi connectivity index (χ3v) is 5.84. The highest BCUT2D eigenvalue weighted by molar-refractivity contribution is 7.13. The molecule has 0 fully saturated rings. The van der Waals surface area contributed by atoms with Crippen LogP contribution in [0.25, 0.3) is 6.08 Å². The lowest BCUT2D eigenvalue weighted by Gasteiger charge is -2.03. The third-order valence-electron chi connectivity index (χ3n) is 4.78. The van der Waals surface area contributed by atoms with Gasteiger partial charge in [-0.05, 0) is 31.1 Å². The summed E-state index contributed by atoms with van der Waals surface area (Å²) in [6.45, 7) is 1.64. The van der Waals surface area contributed by atoms with Crippen molar-refractivity contribution in [3.8, 4) is 0 Å². The van der Waals surface area contributed by atoms with Gasteiger partial charge >= 0.3 is 0 Å². The molecular weight excluding hydrogens is 403 g/mol. The number of hydrogen-bond acceptors (Lipinski definition) is 6. The van der Waals surface area contributed by atoms with Gasteiger partial charge in [0, 0.05) is 37.8 Å². The highest BCUT2D eigenvalue weighted by atomic mass is 32.1. The number of carbonyl (C=O) groups is 1. The summed E-state index contributed by atoms with van der Waals surface area (Å²) in [6, 6.07) is 2.84. The molecule has 0 saturated heterocycles. The van der Waals surface area contributed by atoms with E-state index in [-0.39, 0.29) is 18.1 Å². The summed E-state index contributed by atoms with van der Waals surface area (Å²) < 4.78 is 13.6. The predicted molar refractivity (Wildman–Crippen MR) is 114 cm³/mol. The highest BCUT2D eigenvalue weighted by Gasteiger charge is 2.12. The molecular formula is C21H23FN6OS. The van der Waals surface area contributed by atoms with Crippen molar-refractivity contribution in [2.45, 2.75) is 32.2 Å². The zero-order chi connectivity index (χ0) is 20.8. The first-order chi connectivity index (χ1) is 14.7. The van der Waals surface area contributed by atoms with Gasteiger partial charge in [-0.2, -0.15) is 0 Å². The molecule has 0 atom stereocenters. The lowest BCUT2D eigenvalue weighted by atomic mass is 10.1. The standard InChI is InChI=1S/C21H23FN6OS/c22-14-4-3-9-24-17(14)12-26-21(29)18-13-25-20(30-18)8-11-23-10-7-19-27-15-5-1-2-6-16(15)28-19/h1,3-5,9,13,23H,2,6-8,10-12H2,(H,26,29)(H,27,28). The molecule has 1 aliphatic carbocycles. The average molecular weight is 427 g/mol. The number of rotatable bonds is 9. The van der Waals surface area contributed by atoms with Crippen LogP contribution in [0.1, 0.15) is 44.0 Å². The first-order valence-electron chi connectivity index (χ1n) is 9.96. The van der Waals surface area contributed by atoms with Crippen LogP contribution in [0.4, 0.5) is 4.39 Å². The van der Waals surface area contributed by atoms with Crippen LogP contribution >= 0.6 is 11.3 Å². The van der Waals surface area contributed by atoms with Gasteiger partial charge in [0.05, 0.1) is 29.1 Å². The molecule has 0 radical (unpaired) electrons. The first-order valence-corrected chi connectivity index (χ1v) is 10.8. The molecule has 1 aliphatic rings. The predicted octanol–water partition coefficient (Wildman–Crippen LogP) is 2.66. The maximum atomic E-state index is 13.6. The van der Waals surface area contributed by atoms with Gasteiger partial charge < -0.3 is 15.6 Å². The van der Waals surface area contributed by atoms with Gasteiger partial charge in [-0.1, -0.05) is 6.08 Å². The molecule has 156 valence electrons. The van der Waals surface area contributed by atoms with E-state index < -0.39 is 5.82 Å². The van der Waals surface area contributed by atoms with Crippen LogP contribution < -0.4 is 10.6 Å². The number of aryl methyl sites for hydroxylation is 1. The number of thiazole rings is 1. The second kappa shape index (κ2) is 9.73. The van der Waals surface area contributed by atoms with Gasteiger partial charge in [0.15, 0.2) is 0 Å². The molecule has 0 unspecified atom stereocenters. The molecule has 3 N–H and O–H groups in total. The molecule has 3 aromatic heterocycles. The van der Waals surface area contributed by atoms with E-state index in [0.29, 0.717) is 4.88 Å². The zero-order valence-electron chi connectivity index (χ0n) is 16.4. The van der Waals surface area contributed by atoms with Crippen LogP contribution in [0, 0.1) is 5.82 Å². The lowest BCUT2D eigenvalue weighted by molar-refractivity contribution is 0.0954. The van der Waals surface area contributed by atoms with Gasteiger partial charge in [0.1, 0.15) is 16.5 Å². The van der Waals surface area contributed by atoms with Gasteiger partial charge in [0.2, 0.25) is 0 Å². The molecule has 1 amide bonds. The Bertz CT molecular complexity index is 1040.